The predicted octanol–water partition coefficient (Wildman–Crippen LogP) is 1.08. The van der Waals surface area contributed by atoms with E-state index in [0.29, 0.717) is 11.0 Å². The van der Waals surface area contributed by atoms with E-state index in [1.807, 2.05) is 0 Å². The largest absolute Gasteiger partial charge is 0.234 e. The van der Waals surface area contributed by atoms with Gasteiger partial charge in [-0.1, -0.05) is 16.8 Å². The summed E-state index contributed by atoms with van der Waals surface area (Å²) in [7, 11) is 0. The molecule has 0 atom stereocenters. The molecule has 1 aromatic carbocycles. The average Bonchev–Trinajstić information content (AvgIpc) is 2.47. The fourth-order valence-electron chi connectivity index (χ4n) is 1.08. The Labute approximate surface area is 67.4 Å². The standard InChI is InChI=1S/C7H5N3O2/c11-10(12)9-5-8-6-3-1-2-4-7(6)9/h1-5H. The lowest BCUT2D eigenvalue weighted by molar-refractivity contribution is -0.538. The topological polar surface area (TPSA) is 61.0 Å². The van der Waals surface area contributed by atoms with Crippen LogP contribution in [0.4, 0.5) is 0 Å². The Kier molecular flexibility index (Phi) is 1.30. The molecule has 0 unspecified atom stereocenters. The number of fused-ring (bicyclic) bond motifs is 1. The summed E-state index contributed by atoms with van der Waals surface area (Å²) in [5.74, 6) is 0. The minimum absolute atomic E-state index is 0.505. The second-order valence-electron chi connectivity index (χ2n) is 2.32. The zero-order valence-corrected chi connectivity index (χ0v) is 6.04. The third-order valence-electron chi connectivity index (χ3n) is 1.61. The molecule has 0 saturated heterocycles. The first kappa shape index (κ1) is 6.78. The summed E-state index contributed by atoms with van der Waals surface area (Å²) in [5.41, 5.74) is 1.15. The highest BCUT2D eigenvalue weighted by molar-refractivity contribution is 5.74. The summed E-state index contributed by atoms with van der Waals surface area (Å²) in [6.07, 6.45) is 1.20. The van der Waals surface area contributed by atoms with Crippen LogP contribution in [0.25, 0.3) is 11.0 Å². The molecule has 2 rings (SSSR count). The molecule has 0 aliphatic heterocycles. The first-order chi connectivity index (χ1) is 5.79. The average molecular weight is 163 g/mol. The van der Waals surface area contributed by atoms with Crippen molar-refractivity contribution in [3.63, 3.8) is 0 Å². The fraction of sp³-hybridized carbons (Fsp3) is 0. The van der Waals surface area contributed by atoms with E-state index in [-0.39, 0.29) is 0 Å². The maximum absolute atomic E-state index is 10.4. The number of aromatic nitrogens is 2. The summed E-state index contributed by atoms with van der Waals surface area (Å²) in [6.45, 7) is 0. The van der Waals surface area contributed by atoms with Crippen LogP contribution in [0.5, 0.6) is 0 Å². The monoisotopic (exact) mass is 163 g/mol. The van der Waals surface area contributed by atoms with Gasteiger partial charge in [-0.15, -0.1) is 0 Å². The van der Waals surface area contributed by atoms with Crippen molar-refractivity contribution in [3.05, 3.63) is 40.7 Å². The zero-order chi connectivity index (χ0) is 8.55. The van der Waals surface area contributed by atoms with Gasteiger partial charge in [-0.05, 0) is 12.1 Å². The van der Waals surface area contributed by atoms with Gasteiger partial charge in [0, 0.05) is 0 Å². The van der Waals surface area contributed by atoms with Crippen molar-refractivity contribution < 1.29 is 5.03 Å². The molecule has 60 valence electrons. The number of para-hydroxylation sites is 2. The number of nitrogens with zero attached hydrogens (tertiary/aromatic N) is 3. The molecule has 5 nitrogen and oxygen atoms in total. The van der Waals surface area contributed by atoms with Gasteiger partial charge >= 0.3 is 0 Å². The molecular weight excluding hydrogens is 158 g/mol. The first-order valence-corrected chi connectivity index (χ1v) is 3.36. The maximum Gasteiger partial charge on any atom is 0.171 e. The minimum Gasteiger partial charge on any atom is -0.234 e. The Morgan fingerprint density at radius 3 is 2.92 bits per heavy atom. The molecular formula is C7H5N3O2. The van der Waals surface area contributed by atoms with Gasteiger partial charge in [-0.25, -0.2) is 15.1 Å². The summed E-state index contributed by atoms with van der Waals surface area (Å²) < 4.78 is 0.898. The Hall–Kier alpha value is -1.91. The van der Waals surface area contributed by atoms with Crippen molar-refractivity contribution in [3.8, 4) is 0 Å². The van der Waals surface area contributed by atoms with Crippen LogP contribution < -0.4 is 0 Å². The molecule has 0 radical (unpaired) electrons. The molecule has 0 aliphatic rings. The summed E-state index contributed by atoms with van der Waals surface area (Å²) in [5, 5.41) is 9.90. The molecule has 2 aromatic rings. The van der Waals surface area contributed by atoms with Crippen molar-refractivity contribution >= 4 is 11.0 Å². The van der Waals surface area contributed by atoms with Crippen LogP contribution in [-0.2, 0) is 0 Å². The molecule has 0 aliphatic carbocycles. The lowest BCUT2D eigenvalue weighted by Crippen LogP contribution is -2.05. The Balaban J connectivity index is 2.79. The van der Waals surface area contributed by atoms with Gasteiger partial charge in [0.1, 0.15) is 5.52 Å². The summed E-state index contributed by atoms with van der Waals surface area (Å²) >= 11 is 0. The van der Waals surface area contributed by atoms with Crippen molar-refractivity contribution in [2.75, 3.05) is 0 Å². The molecule has 0 amide bonds. The van der Waals surface area contributed by atoms with Gasteiger partial charge in [-0.3, -0.25) is 0 Å². The van der Waals surface area contributed by atoms with Gasteiger partial charge in [0.15, 0.2) is 11.4 Å². The molecule has 0 fully saturated rings. The Morgan fingerprint density at radius 1 is 1.42 bits per heavy atom. The molecule has 5 heteroatoms. The lowest BCUT2D eigenvalue weighted by Gasteiger charge is -1.89. The maximum atomic E-state index is 10.4. The van der Waals surface area contributed by atoms with E-state index in [1.54, 1.807) is 24.3 Å². The van der Waals surface area contributed by atoms with Crippen LogP contribution >= 0.6 is 0 Å². The molecule has 0 spiro atoms. The van der Waals surface area contributed by atoms with Gasteiger partial charge < -0.3 is 0 Å². The van der Waals surface area contributed by atoms with E-state index < -0.39 is 5.03 Å². The SMILES string of the molecule is O=[N+]([O-])n1cnc2ccccc21. The molecule has 0 bridgehead atoms. The first-order valence-electron chi connectivity index (χ1n) is 3.36. The third-order valence-corrected chi connectivity index (χ3v) is 1.61. The van der Waals surface area contributed by atoms with Crippen molar-refractivity contribution in [2.45, 2.75) is 0 Å². The Morgan fingerprint density at radius 2 is 2.17 bits per heavy atom. The third kappa shape index (κ3) is 0.833. The van der Waals surface area contributed by atoms with E-state index >= 15 is 0 Å². The number of benzene rings is 1. The van der Waals surface area contributed by atoms with Crippen LogP contribution in [0, 0.1) is 10.1 Å². The minimum atomic E-state index is -0.505. The lowest BCUT2D eigenvalue weighted by atomic mass is 10.3. The van der Waals surface area contributed by atoms with E-state index in [1.165, 1.54) is 6.33 Å². The van der Waals surface area contributed by atoms with Crippen LogP contribution in [0.3, 0.4) is 0 Å². The van der Waals surface area contributed by atoms with Gasteiger partial charge in [0.2, 0.25) is 0 Å². The smallest absolute Gasteiger partial charge is 0.171 e. The van der Waals surface area contributed by atoms with Crippen molar-refractivity contribution in [2.24, 2.45) is 0 Å². The normalized spacial score (nSPS) is 10.3. The van der Waals surface area contributed by atoms with Crippen LogP contribution in [0.15, 0.2) is 30.6 Å². The number of nitro groups is 1. The highest BCUT2D eigenvalue weighted by Gasteiger charge is 2.07. The molecule has 0 N–H and O–H groups in total. The second-order valence-corrected chi connectivity index (χ2v) is 2.32. The molecule has 1 heterocycles. The van der Waals surface area contributed by atoms with Gasteiger partial charge in [-0.2, -0.15) is 0 Å². The van der Waals surface area contributed by atoms with Gasteiger partial charge in [0.25, 0.3) is 0 Å². The second kappa shape index (κ2) is 2.30. The molecule has 12 heavy (non-hydrogen) atoms. The van der Waals surface area contributed by atoms with Crippen LogP contribution in [0.2, 0.25) is 0 Å². The van der Waals surface area contributed by atoms with E-state index in [0.717, 1.165) is 4.68 Å². The van der Waals surface area contributed by atoms with Crippen LogP contribution in [0.1, 0.15) is 0 Å². The number of imidazole rings is 1. The molecule has 1 aromatic heterocycles. The number of hydrogen-bond acceptors (Lipinski definition) is 3. The highest BCUT2D eigenvalue weighted by atomic mass is 16.7. The summed E-state index contributed by atoms with van der Waals surface area (Å²) in [4.78, 5) is 14.3. The van der Waals surface area contributed by atoms with E-state index in [9.17, 15) is 10.1 Å². The van der Waals surface area contributed by atoms with Crippen LogP contribution in [-0.4, -0.2) is 14.7 Å². The number of rotatable bonds is 1. The zero-order valence-electron chi connectivity index (χ0n) is 6.04. The van der Waals surface area contributed by atoms with Gasteiger partial charge in [0.05, 0.1) is 5.52 Å². The predicted molar refractivity (Wildman–Crippen MR) is 42.1 cm³/mol. The Bertz CT molecular complexity index is 435. The fourth-order valence-corrected chi connectivity index (χ4v) is 1.08. The molecule has 0 saturated carbocycles. The highest BCUT2D eigenvalue weighted by Crippen LogP contribution is 2.10. The quantitative estimate of drug-likeness (QED) is 0.466. The van der Waals surface area contributed by atoms with E-state index in [2.05, 4.69) is 4.98 Å². The summed E-state index contributed by atoms with van der Waals surface area (Å²) in [6, 6.07) is 6.92. The van der Waals surface area contributed by atoms with E-state index in [4.69, 9.17) is 0 Å². The van der Waals surface area contributed by atoms with Crippen molar-refractivity contribution in [1.82, 2.24) is 9.66 Å². The number of hydrogen-bond donors (Lipinski definition) is 0. The van der Waals surface area contributed by atoms with Crippen molar-refractivity contribution in [1.29, 1.82) is 0 Å².